The first kappa shape index (κ1) is 15.9. The summed E-state index contributed by atoms with van der Waals surface area (Å²) in [6, 6.07) is 10.5. The minimum Gasteiger partial charge on any atom is -0.377 e. The normalized spacial score (nSPS) is 15.2. The molecule has 0 amide bonds. The molecule has 0 spiro atoms. The van der Waals surface area contributed by atoms with Crippen molar-refractivity contribution in [2.45, 2.75) is 17.9 Å². The highest BCUT2D eigenvalue weighted by Crippen LogP contribution is 2.22. The number of rotatable bonds is 5. The molecule has 1 aromatic carbocycles. The van der Waals surface area contributed by atoms with Crippen LogP contribution in [0.1, 0.15) is 17.5 Å². The average molecular weight is 330 g/mol. The lowest BCUT2D eigenvalue weighted by molar-refractivity contribution is 0.161. The van der Waals surface area contributed by atoms with Gasteiger partial charge in [-0.3, -0.25) is 4.98 Å². The summed E-state index contributed by atoms with van der Waals surface area (Å²) >= 11 is 0. The second-order valence-electron chi connectivity index (χ2n) is 5.26. The van der Waals surface area contributed by atoms with Gasteiger partial charge in [0.05, 0.1) is 18.1 Å². The second-order valence-corrected chi connectivity index (χ2v) is 7.03. The first-order valence-electron chi connectivity index (χ1n) is 7.41. The van der Waals surface area contributed by atoms with Crippen LogP contribution >= 0.6 is 0 Å². The quantitative estimate of drug-likeness (QED) is 0.914. The molecular formula is C17H18N2O3S. The Morgan fingerprint density at radius 3 is 2.48 bits per heavy atom. The topological polar surface area (TPSA) is 68.3 Å². The minimum atomic E-state index is -3.52. The summed E-state index contributed by atoms with van der Waals surface area (Å²) in [6.45, 7) is 1.57. The van der Waals surface area contributed by atoms with Gasteiger partial charge in [0.2, 0.25) is 10.0 Å². The van der Waals surface area contributed by atoms with E-state index in [9.17, 15) is 8.42 Å². The highest BCUT2D eigenvalue weighted by Gasteiger charge is 2.14. The number of nitrogens with zero attached hydrogens (tertiary/aromatic N) is 1. The first-order valence-corrected chi connectivity index (χ1v) is 8.89. The van der Waals surface area contributed by atoms with E-state index in [0.717, 1.165) is 17.5 Å². The smallest absolute Gasteiger partial charge is 0.240 e. The van der Waals surface area contributed by atoms with Crippen molar-refractivity contribution in [3.8, 4) is 0 Å². The number of aromatic nitrogens is 1. The average Bonchev–Trinajstić information content (AvgIpc) is 2.62. The molecule has 3 rings (SSSR count). The molecule has 0 bridgehead atoms. The molecule has 1 N–H and O–H groups in total. The Bertz CT molecular complexity index is 784. The zero-order valence-electron chi connectivity index (χ0n) is 12.6. The molecule has 0 atom stereocenters. The highest BCUT2D eigenvalue weighted by molar-refractivity contribution is 7.89. The summed E-state index contributed by atoms with van der Waals surface area (Å²) in [7, 11) is -3.52. The summed E-state index contributed by atoms with van der Waals surface area (Å²) in [5, 5.41) is 0. The summed E-state index contributed by atoms with van der Waals surface area (Å²) in [5.74, 6) is 0. The van der Waals surface area contributed by atoms with Crippen LogP contribution in [-0.4, -0.2) is 26.6 Å². The molecule has 0 unspecified atom stereocenters. The van der Waals surface area contributed by atoms with Crippen molar-refractivity contribution in [3.05, 3.63) is 66.0 Å². The Balaban J connectivity index is 1.71. The third kappa shape index (κ3) is 4.04. The summed E-state index contributed by atoms with van der Waals surface area (Å²) in [5.41, 5.74) is 3.11. The van der Waals surface area contributed by atoms with Gasteiger partial charge >= 0.3 is 0 Å². The number of sulfonamides is 1. The molecule has 2 aromatic rings. The lowest BCUT2D eigenvalue weighted by Crippen LogP contribution is -2.23. The zero-order valence-corrected chi connectivity index (χ0v) is 13.4. The number of hydrogen-bond acceptors (Lipinski definition) is 4. The van der Waals surface area contributed by atoms with Crippen LogP contribution in [0.15, 0.2) is 59.8 Å². The molecule has 0 saturated carbocycles. The Labute approximate surface area is 136 Å². The van der Waals surface area contributed by atoms with Crippen LogP contribution in [0.3, 0.4) is 0 Å². The van der Waals surface area contributed by atoms with Crippen LogP contribution in [0.5, 0.6) is 0 Å². The fourth-order valence-electron chi connectivity index (χ4n) is 2.40. The van der Waals surface area contributed by atoms with Gasteiger partial charge in [-0.05, 0) is 47.4 Å². The molecule has 2 heterocycles. The van der Waals surface area contributed by atoms with Crippen LogP contribution < -0.4 is 4.72 Å². The van der Waals surface area contributed by atoms with Crippen LogP contribution in [0, 0.1) is 0 Å². The summed E-state index contributed by atoms with van der Waals surface area (Å²) in [4.78, 5) is 4.18. The van der Waals surface area contributed by atoms with Crippen molar-refractivity contribution in [2.75, 3.05) is 13.2 Å². The molecule has 5 nitrogen and oxygen atoms in total. The fraction of sp³-hybridized carbons (Fsp3) is 0.235. The lowest BCUT2D eigenvalue weighted by Gasteiger charge is -2.14. The Hall–Kier alpha value is -2.02. The number of benzene rings is 1. The van der Waals surface area contributed by atoms with Crippen molar-refractivity contribution in [1.29, 1.82) is 0 Å². The van der Waals surface area contributed by atoms with Crippen LogP contribution in [0.2, 0.25) is 0 Å². The molecule has 0 fully saturated rings. The molecule has 1 aliphatic heterocycles. The summed E-state index contributed by atoms with van der Waals surface area (Å²) in [6.07, 6.45) is 6.17. The second kappa shape index (κ2) is 7.04. The number of ether oxygens (including phenoxy) is 1. The molecular weight excluding hydrogens is 312 g/mol. The molecule has 1 aromatic heterocycles. The van der Waals surface area contributed by atoms with Gasteiger partial charge in [0.25, 0.3) is 0 Å². The monoisotopic (exact) mass is 330 g/mol. The molecule has 0 aliphatic carbocycles. The maximum Gasteiger partial charge on any atom is 0.240 e. The van der Waals surface area contributed by atoms with Crippen molar-refractivity contribution >= 4 is 15.6 Å². The Morgan fingerprint density at radius 2 is 1.83 bits per heavy atom. The van der Waals surface area contributed by atoms with Gasteiger partial charge in [-0.25, -0.2) is 13.1 Å². The van der Waals surface area contributed by atoms with Crippen LogP contribution in [0.25, 0.3) is 5.57 Å². The fourth-order valence-corrected chi connectivity index (χ4v) is 3.42. The highest BCUT2D eigenvalue weighted by atomic mass is 32.2. The van der Waals surface area contributed by atoms with Crippen LogP contribution in [0.4, 0.5) is 0 Å². The standard InChI is InChI=1S/C17H18N2O3S/c20-23(21,19-13-14-5-9-18-10-6-14)17-3-1-15(2-4-17)16-7-11-22-12-8-16/h1-7,9-10,19H,8,11-13H2. The van der Waals surface area contributed by atoms with Crippen LogP contribution in [-0.2, 0) is 21.3 Å². The SMILES string of the molecule is O=S(=O)(NCc1ccncc1)c1ccc(C2=CCOCC2)cc1. The Kier molecular flexibility index (Phi) is 4.85. The predicted octanol–water partition coefficient (Wildman–Crippen LogP) is 2.36. The van der Waals surface area contributed by atoms with Gasteiger partial charge < -0.3 is 4.74 Å². The van der Waals surface area contributed by atoms with Crippen molar-refractivity contribution < 1.29 is 13.2 Å². The molecule has 23 heavy (non-hydrogen) atoms. The molecule has 0 saturated heterocycles. The third-order valence-electron chi connectivity index (χ3n) is 3.71. The maximum atomic E-state index is 12.3. The van der Waals surface area contributed by atoms with E-state index in [-0.39, 0.29) is 11.4 Å². The lowest BCUT2D eigenvalue weighted by atomic mass is 10.0. The summed E-state index contributed by atoms with van der Waals surface area (Å²) < 4.78 is 32.6. The van der Waals surface area contributed by atoms with E-state index in [1.54, 1.807) is 36.7 Å². The van der Waals surface area contributed by atoms with Gasteiger partial charge in [0, 0.05) is 18.9 Å². The molecule has 6 heteroatoms. The first-order chi connectivity index (χ1) is 11.1. The maximum absolute atomic E-state index is 12.3. The molecule has 1 aliphatic rings. The van der Waals surface area contributed by atoms with Gasteiger partial charge in [0.15, 0.2) is 0 Å². The van der Waals surface area contributed by atoms with E-state index in [4.69, 9.17) is 4.74 Å². The van der Waals surface area contributed by atoms with Crippen molar-refractivity contribution in [1.82, 2.24) is 9.71 Å². The van der Waals surface area contributed by atoms with E-state index in [0.29, 0.717) is 13.2 Å². The largest absolute Gasteiger partial charge is 0.377 e. The number of nitrogens with one attached hydrogen (secondary N) is 1. The van der Waals surface area contributed by atoms with Gasteiger partial charge in [0.1, 0.15) is 0 Å². The molecule has 120 valence electrons. The van der Waals surface area contributed by atoms with E-state index >= 15 is 0 Å². The number of hydrogen-bond donors (Lipinski definition) is 1. The van der Waals surface area contributed by atoms with Gasteiger partial charge in [-0.1, -0.05) is 18.2 Å². The molecule has 0 radical (unpaired) electrons. The van der Waals surface area contributed by atoms with E-state index in [1.165, 1.54) is 5.57 Å². The predicted molar refractivity (Wildman–Crippen MR) is 88.1 cm³/mol. The Morgan fingerprint density at radius 1 is 1.09 bits per heavy atom. The van der Waals surface area contributed by atoms with E-state index in [2.05, 4.69) is 9.71 Å². The van der Waals surface area contributed by atoms with Gasteiger partial charge in [-0.2, -0.15) is 0 Å². The van der Waals surface area contributed by atoms with E-state index in [1.807, 2.05) is 18.2 Å². The van der Waals surface area contributed by atoms with Crippen molar-refractivity contribution in [3.63, 3.8) is 0 Å². The van der Waals surface area contributed by atoms with E-state index < -0.39 is 10.0 Å². The third-order valence-corrected chi connectivity index (χ3v) is 5.13. The number of pyridine rings is 1. The minimum absolute atomic E-state index is 0.245. The van der Waals surface area contributed by atoms with Gasteiger partial charge in [-0.15, -0.1) is 0 Å². The zero-order chi connectivity index (χ0) is 16.1. The van der Waals surface area contributed by atoms with Crippen molar-refractivity contribution in [2.24, 2.45) is 0 Å².